The van der Waals surface area contributed by atoms with Gasteiger partial charge in [0.1, 0.15) is 5.76 Å². The Hall–Kier alpha value is -1.48. The van der Waals surface area contributed by atoms with Gasteiger partial charge in [0.2, 0.25) is 0 Å². The molecule has 1 heterocycles. The molecule has 1 aliphatic rings. The first-order valence-electron chi connectivity index (χ1n) is 8.02. The second kappa shape index (κ2) is 6.52. The van der Waals surface area contributed by atoms with E-state index in [0.717, 1.165) is 47.4 Å². The molecule has 0 spiro atoms. The first-order chi connectivity index (χ1) is 10.3. The topological polar surface area (TPSA) is 34.4 Å². The minimum Gasteiger partial charge on any atom is -0.493 e. The molecule has 3 rings (SSSR count). The average Bonchev–Trinajstić information content (AvgIpc) is 2.92. The molecule has 3 nitrogen and oxygen atoms in total. The maximum Gasteiger partial charge on any atom is 0.176 e. The van der Waals surface area contributed by atoms with Crippen molar-refractivity contribution in [2.75, 3.05) is 13.7 Å². The third kappa shape index (κ3) is 3.41. The van der Waals surface area contributed by atoms with Crippen LogP contribution in [0.25, 0.3) is 11.0 Å². The number of fused-ring (bicyclic) bond motifs is 1. The van der Waals surface area contributed by atoms with Crippen molar-refractivity contribution in [1.29, 1.82) is 0 Å². The minimum atomic E-state index is 0.796. The van der Waals surface area contributed by atoms with Crippen LogP contribution < -0.4 is 10.1 Å². The molecule has 1 fully saturated rings. The zero-order valence-electron chi connectivity index (χ0n) is 13.0. The Morgan fingerprint density at radius 3 is 2.81 bits per heavy atom. The molecule has 0 aliphatic heterocycles. The van der Waals surface area contributed by atoms with Crippen LogP contribution in [0.4, 0.5) is 0 Å². The number of hydrogen-bond acceptors (Lipinski definition) is 3. The number of para-hydroxylation sites is 1. The number of rotatable bonds is 5. The summed E-state index contributed by atoms with van der Waals surface area (Å²) in [7, 11) is 1.68. The molecule has 1 aromatic heterocycles. The Labute approximate surface area is 126 Å². The lowest BCUT2D eigenvalue weighted by Crippen LogP contribution is -2.25. The quantitative estimate of drug-likeness (QED) is 0.887. The molecule has 0 bridgehead atoms. The molecule has 0 unspecified atom stereocenters. The summed E-state index contributed by atoms with van der Waals surface area (Å²) in [6.45, 7) is 4.26. The van der Waals surface area contributed by atoms with Gasteiger partial charge in [0.05, 0.1) is 13.7 Å². The van der Waals surface area contributed by atoms with Gasteiger partial charge in [0, 0.05) is 5.39 Å². The van der Waals surface area contributed by atoms with Gasteiger partial charge in [-0.1, -0.05) is 31.9 Å². The number of furan rings is 1. The first-order valence-corrected chi connectivity index (χ1v) is 8.02. The highest BCUT2D eigenvalue weighted by molar-refractivity contribution is 5.83. The molecule has 114 valence electrons. The molecule has 0 amide bonds. The number of methoxy groups -OCH3 is 1. The zero-order chi connectivity index (χ0) is 14.7. The van der Waals surface area contributed by atoms with Crippen LogP contribution in [0.3, 0.4) is 0 Å². The monoisotopic (exact) mass is 287 g/mol. The summed E-state index contributed by atoms with van der Waals surface area (Å²) < 4.78 is 11.2. The second-order valence-corrected chi connectivity index (χ2v) is 6.35. The largest absolute Gasteiger partial charge is 0.493 e. The van der Waals surface area contributed by atoms with Crippen molar-refractivity contribution in [2.24, 2.45) is 11.8 Å². The molecule has 2 aromatic rings. The van der Waals surface area contributed by atoms with Gasteiger partial charge < -0.3 is 14.5 Å². The first kappa shape index (κ1) is 14.5. The summed E-state index contributed by atoms with van der Waals surface area (Å²) >= 11 is 0. The summed E-state index contributed by atoms with van der Waals surface area (Å²) in [6.07, 6.45) is 5.49. The van der Waals surface area contributed by atoms with E-state index in [1.165, 1.54) is 25.7 Å². The van der Waals surface area contributed by atoms with E-state index in [0.29, 0.717) is 0 Å². The third-order valence-corrected chi connectivity index (χ3v) is 4.65. The molecule has 1 aromatic carbocycles. The van der Waals surface area contributed by atoms with Crippen molar-refractivity contribution < 1.29 is 9.15 Å². The van der Waals surface area contributed by atoms with Gasteiger partial charge in [-0.05, 0) is 43.4 Å². The van der Waals surface area contributed by atoms with Crippen molar-refractivity contribution in [3.63, 3.8) is 0 Å². The molecular weight excluding hydrogens is 262 g/mol. The maximum atomic E-state index is 5.91. The van der Waals surface area contributed by atoms with Crippen LogP contribution >= 0.6 is 0 Å². The SMILES string of the molecule is COc1cccc2cc(CNCC3CCC(C)CC3)oc12. The maximum absolute atomic E-state index is 5.91. The molecule has 0 saturated heterocycles. The predicted octanol–water partition coefficient (Wildman–Crippen LogP) is 4.36. The smallest absolute Gasteiger partial charge is 0.176 e. The van der Waals surface area contributed by atoms with Crippen molar-refractivity contribution in [3.05, 3.63) is 30.0 Å². The van der Waals surface area contributed by atoms with E-state index in [1.807, 2.05) is 12.1 Å². The molecule has 1 N–H and O–H groups in total. The number of hydrogen-bond donors (Lipinski definition) is 1. The van der Waals surface area contributed by atoms with Gasteiger partial charge in [-0.3, -0.25) is 0 Å². The summed E-state index contributed by atoms with van der Waals surface area (Å²) in [5, 5.41) is 4.66. The fraction of sp³-hybridized carbons (Fsp3) is 0.556. The van der Waals surface area contributed by atoms with Gasteiger partial charge in [-0.25, -0.2) is 0 Å². The van der Waals surface area contributed by atoms with Crippen LogP contribution in [-0.4, -0.2) is 13.7 Å². The number of benzene rings is 1. The van der Waals surface area contributed by atoms with Crippen LogP contribution in [0.5, 0.6) is 5.75 Å². The van der Waals surface area contributed by atoms with E-state index in [4.69, 9.17) is 9.15 Å². The lowest BCUT2D eigenvalue weighted by molar-refractivity contribution is 0.279. The summed E-state index contributed by atoms with van der Waals surface area (Å²) in [5.41, 5.74) is 0.850. The van der Waals surface area contributed by atoms with E-state index in [1.54, 1.807) is 7.11 Å². The highest BCUT2D eigenvalue weighted by Gasteiger charge is 2.17. The van der Waals surface area contributed by atoms with Crippen LogP contribution in [-0.2, 0) is 6.54 Å². The van der Waals surface area contributed by atoms with Crippen LogP contribution in [0.2, 0.25) is 0 Å². The lowest BCUT2D eigenvalue weighted by atomic mass is 9.83. The van der Waals surface area contributed by atoms with E-state index < -0.39 is 0 Å². The third-order valence-electron chi connectivity index (χ3n) is 4.65. The van der Waals surface area contributed by atoms with Crippen LogP contribution in [0, 0.1) is 11.8 Å². The molecular formula is C18H25NO2. The van der Waals surface area contributed by atoms with Gasteiger partial charge in [0.15, 0.2) is 11.3 Å². The van der Waals surface area contributed by atoms with E-state index >= 15 is 0 Å². The normalized spacial score (nSPS) is 22.6. The van der Waals surface area contributed by atoms with Gasteiger partial charge in [0.25, 0.3) is 0 Å². The molecule has 1 aliphatic carbocycles. The lowest BCUT2D eigenvalue weighted by Gasteiger charge is -2.26. The van der Waals surface area contributed by atoms with Crippen molar-refractivity contribution in [2.45, 2.75) is 39.2 Å². The van der Waals surface area contributed by atoms with Gasteiger partial charge in [-0.2, -0.15) is 0 Å². The molecule has 1 saturated carbocycles. The zero-order valence-corrected chi connectivity index (χ0v) is 13.0. The van der Waals surface area contributed by atoms with E-state index in [9.17, 15) is 0 Å². The summed E-state index contributed by atoms with van der Waals surface area (Å²) in [5.74, 6) is 3.54. The second-order valence-electron chi connectivity index (χ2n) is 6.35. The average molecular weight is 287 g/mol. The molecule has 3 heteroatoms. The number of nitrogens with one attached hydrogen (secondary N) is 1. The highest BCUT2D eigenvalue weighted by atomic mass is 16.5. The van der Waals surface area contributed by atoms with Gasteiger partial charge >= 0.3 is 0 Å². The summed E-state index contributed by atoms with van der Waals surface area (Å²) in [6, 6.07) is 8.10. The van der Waals surface area contributed by atoms with Crippen LogP contribution in [0.1, 0.15) is 38.4 Å². The highest BCUT2D eigenvalue weighted by Crippen LogP contribution is 2.29. The molecule has 21 heavy (non-hydrogen) atoms. The standard InChI is InChI=1S/C18H25NO2/c1-13-6-8-14(9-7-13)11-19-12-16-10-15-4-3-5-17(20-2)18(15)21-16/h3-5,10,13-14,19H,6-9,11-12H2,1-2H3. The Morgan fingerprint density at radius 2 is 2.05 bits per heavy atom. The molecule has 0 radical (unpaired) electrons. The van der Waals surface area contributed by atoms with E-state index in [-0.39, 0.29) is 0 Å². The predicted molar refractivity (Wildman–Crippen MR) is 85.6 cm³/mol. The Kier molecular flexibility index (Phi) is 4.49. The fourth-order valence-electron chi connectivity index (χ4n) is 3.27. The van der Waals surface area contributed by atoms with Crippen LogP contribution in [0.15, 0.2) is 28.7 Å². The van der Waals surface area contributed by atoms with Crippen molar-refractivity contribution in [3.8, 4) is 5.75 Å². The fourth-order valence-corrected chi connectivity index (χ4v) is 3.27. The summed E-state index contributed by atoms with van der Waals surface area (Å²) in [4.78, 5) is 0. The Balaban J connectivity index is 1.56. The van der Waals surface area contributed by atoms with Crippen molar-refractivity contribution in [1.82, 2.24) is 5.32 Å². The van der Waals surface area contributed by atoms with E-state index in [2.05, 4.69) is 24.4 Å². The Bertz CT molecular complexity index is 582. The van der Waals surface area contributed by atoms with Crippen molar-refractivity contribution >= 4 is 11.0 Å². The minimum absolute atomic E-state index is 0.796. The van der Waals surface area contributed by atoms with Gasteiger partial charge in [-0.15, -0.1) is 0 Å². The Morgan fingerprint density at radius 1 is 1.24 bits per heavy atom. The molecule has 0 atom stereocenters. The number of ether oxygens (including phenoxy) is 1.